The van der Waals surface area contributed by atoms with E-state index in [4.69, 9.17) is 21.4 Å². The van der Waals surface area contributed by atoms with E-state index in [1.54, 1.807) is 18.0 Å². The number of nitrogens with one attached hydrogen (secondary N) is 1. The lowest BCUT2D eigenvalue weighted by Crippen LogP contribution is -2.29. The molecule has 0 spiro atoms. The Labute approximate surface area is 225 Å². The molecule has 5 nitrogen and oxygen atoms in total. The third-order valence-corrected chi connectivity index (χ3v) is 7.29. The third-order valence-electron chi connectivity index (χ3n) is 6.05. The van der Waals surface area contributed by atoms with Crippen LogP contribution in [0.15, 0.2) is 136 Å². The summed E-state index contributed by atoms with van der Waals surface area (Å²) in [4.78, 5) is 7.83. The van der Waals surface area contributed by atoms with E-state index in [2.05, 4.69) is 27.3 Å². The molecule has 37 heavy (non-hydrogen) atoms. The molecular formula is C30H23N3O2S2. The van der Waals surface area contributed by atoms with Crippen molar-refractivity contribution in [3.05, 3.63) is 133 Å². The first-order chi connectivity index (χ1) is 18.2. The summed E-state index contributed by atoms with van der Waals surface area (Å²) < 4.78 is 12.4. The number of hydrogen-bond acceptors (Lipinski definition) is 5. The van der Waals surface area contributed by atoms with E-state index in [0.29, 0.717) is 5.11 Å². The summed E-state index contributed by atoms with van der Waals surface area (Å²) in [5.41, 5.74) is 1.84. The fourth-order valence-electron chi connectivity index (χ4n) is 4.37. The standard InChI is InChI=1S/C30H23N3O2S2/c36-30-32-28(25-13-7-8-20-31-25)29(26-18-19-27(35-26)37-24-11-5-2-6-12-24)33(30)21-14-16-23(17-15-21)34-22-9-3-1-4-10-22/h1-20,28-29H,(H,32,36). The Kier molecular flexibility index (Phi) is 6.62. The number of thiocarbonyl (C=S) groups is 1. The predicted octanol–water partition coefficient (Wildman–Crippen LogP) is 7.80. The molecule has 1 saturated heterocycles. The van der Waals surface area contributed by atoms with Crippen molar-refractivity contribution >= 4 is 34.8 Å². The zero-order valence-electron chi connectivity index (χ0n) is 19.7. The summed E-state index contributed by atoms with van der Waals surface area (Å²) >= 11 is 7.43. The van der Waals surface area contributed by atoms with Crippen LogP contribution in [0.4, 0.5) is 5.69 Å². The molecule has 1 aliphatic rings. The molecule has 2 unspecified atom stereocenters. The highest BCUT2D eigenvalue weighted by molar-refractivity contribution is 7.99. The average molecular weight is 522 g/mol. The number of hydrogen-bond donors (Lipinski definition) is 1. The molecule has 5 aromatic rings. The molecule has 0 saturated carbocycles. The maximum absolute atomic E-state index is 6.40. The Morgan fingerprint density at radius 3 is 2.22 bits per heavy atom. The Morgan fingerprint density at radius 2 is 1.49 bits per heavy atom. The Hall–Kier alpha value is -4.07. The predicted molar refractivity (Wildman–Crippen MR) is 150 cm³/mol. The second-order valence-electron chi connectivity index (χ2n) is 8.48. The SMILES string of the molecule is S=C1NC(c2ccccn2)C(c2ccc(Sc3ccccc3)o2)N1c1ccc(Oc2ccccc2)cc1. The van der Waals surface area contributed by atoms with Crippen LogP contribution in [0.25, 0.3) is 0 Å². The smallest absolute Gasteiger partial charge is 0.174 e. The maximum Gasteiger partial charge on any atom is 0.174 e. The van der Waals surface area contributed by atoms with Crippen molar-refractivity contribution in [2.75, 3.05) is 4.90 Å². The number of aromatic nitrogens is 1. The Bertz CT molecular complexity index is 1480. The lowest BCUT2D eigenvalue weighted by atomic mass is 10.0. The van der Waals surface area contributed by atoms with Gasteiger partial charge < -0.3 is 19.4 Å². The van der Waals surface area contributed by atoms with Gasteiger partial charge in [0.2, 0.25) is 0 Å². The van der Waals surface area contributed by atoms with Crippen molar-refractivity contribution in [3.63, 3.8) is 0 Å². The van der Waals surface area contributed by atoms with Crippen molar-refractivity contribution in [2.45, 2.75) is 22.1 Å². The number of pyridine rings is 1. The minimum Gasteiger partial charge on any atom is -0.457 e. The van der Waals surface area contributed by atoms with Gasteiger partial charge in [-0.15, -0.1) is 0 Å². The fourth-order valence-corrected chi connectivity index (χ4v) is 5.52. The van der Waals surface area contributed by atoms with E-state index >= 15 is 0 Å². The summed E-state index contributed by atoms with van der Waals surface area (Å²) in [7, 11) is 0. The Morgan fingerprint density at radius 1 is 0.784 bits per heavy atom. The lowest BCUT2D eigenvalue weighted by molar-refractivity contribution is 0.383. The highest BCUT2D eigenvalue weighted by Gasteiger charge is 2.42. The van der Waals surface area contributed by atoms with Gasteiger partial charge in [0.15, 0.2) is 10.2 Å². The van der Waals surface area contributed by atoms with Crippen LogP contribution >= 0.6 is 24.0 Å². The fraction of sp³-hybridized carbons (Fsp3) is 0.0667. The van der Waals surface area contributed by atoms with Crippen molar-refractivity contribution in [1.82, 2.24) is 10.3 Å². The first-order valence-corrected chi connectivity index (χ1v) is 13.1. The van der Waals surface area contributed by atoms with Crippen LogP contribution < -0.4 is 15.0 Å². The summed E-state index contributed by atoms with van der Waals surface area (Å²) in [6.07, 6.45) is 1.80. The maximum atomic E-state index is 6.40. The molecule has 7 heteroatoms. The number of anilines is 1. The molecule has 0 aliphatic carbocycles. The summed E-state index contributed by atoms with van der Waals surface area (Å²) in [5, 5.41) is 4.92. The van der Waals surface area contributed by atoms with E-state index in [1.807, 2.05) is 103 Å². The largest absolute Gasteiger partial charge is 0.457 e. The van der Waals surface area contributed by atoms with E-state index in [9.17, 15) is 0 Å². The molecule has 0 radical (unpaired) electrons. The summed E-state index contributed by atoms with van der Waals surface area (Å²) in [6.45, 7) is 0. The average Bonchev–Trinajstić information content (AvgIpc) is 3.54. The molecule has 1 aliphatic heterocycles. The van der Waals surface area contributed by atoms with Gasteiger partial charge in [0, 0.05) is 16.8 Å². The molecule has 3 aromatic carbocycles. The first-order valence-electron chi connectivity index (χ1n) is 11.9. The van der Waals surface area contributed by atoms with Crippen molar-refractivity contribution < 1.29 is 9.15 Å². The van der Waals surface area contributed by atoms with Gasteiger partial charge in [0.25, 0.3) is 0 Å². The van der Waals surface area contributed by atoms with Gasteiger partial charge in [0.1, 0.15) is 23.3 Å². The van der Waals surface area contributed by atoms with Crippen LogP contribution in [-0.2, 0) is 0 Å². The normalized spacial score (nSPS) is 17.0. The third kappa shape index (κ3) is 5.09. The van der Waals surface area contributed by atoms with E-state index in [0.717, 1.165) is 38.6 Å². The molecule has 0 amide bonds. The monoisotopic (exact) mass is 521 g/mol. The second-order valence-corrected chi connectivity index (χ2v) is 9.94. The van der Waals surface area contributed by atoms with Crippen LogP contribution in [-0.4, -0.2) is 10.1 Å². The number of para-hydroxylation sites is 1. The zero-order chi connectivity index (χ0) is 25.0. The van der Waals surface area contributed by atoms with Crippen molar-refractivity contribution in [2.24, 2.45) is 0 Å². The van der Waals surface area contributed by atoms with Crippen molar-refractivity contribution in [3.8, 4) is 11.5 Å². The Balaban J connectivity index is 1.32. The molecule has 3 heterocycles. The molecule has 6 rings (SSSR count). The van der Waals surface area contributed by atoms with Crippen molar-refractivity contribution in [1.29, 1.82) is 0 Å². The van der Waals surface area contributed by atoms with Crippen LogP contribution in [0.3, 0.4) is 0 Å². The van der Waals surface area contributed by atoms with Gasteiger partial charge in [0.05, 0.1) is 11.7 Å². The van der Waals surface area contributed by atoms with Gasteiger partial charge in [-0.25, -0.2) is 0 Å². The zero-order valence-corrected chi connectivity index (χ0v) is 21.4. The quantitative estimate of drug-likeness (QED) is 0.219. The number of benzene rings is 3. The number of ether oxygens (including phenoxy) is 1. The van der Waals surface area contributed by atoms with Crippen LogP contribution in [0.2, 0.25) is 0 Å². The van der Waals surface area contributed by atoms with Gasteiger partial charge >= 0.3 is 0 Å². The molecule has 2 aromatic heterocycles. The molecular weight excluding hydrogens is 498 g/mol. The van der Waals surface area contributed by atoms with Crippen LogP contribution in [0, 0.1) is 0 Å². The lowest BCUT2D eigenvalue weighted by Gasteiger charge is -2.26. The molecule has 2 atom stereocenters. The molecule has 0 bridgehead atoms. The van der Waals surface area contributed by atoms with Gasteiger partial charge in [-0.05, 0) is 85.0 Å². The highest BCUT2D eigenvalue weighted by atomic mass is 32.2. The van der Waals surface area contributed by atoms with Crippen LogP contribution in [0.5, 0.6) is 11.5 Å². The minimum atomic E-state index is -0.214. The topological polar surface area (TPSA) is 50.5 Å². The van der Waals surface area contributed by atoms with Gasteiger partial charge in [-0.1, -0.05) is 54.2 Å². The number of furan rings is 1. The summed E-state index contributed by atoms with van der Waals surface area (Å²) in [6, 6.07) is 37.4. The number of nitrogens with zero attached hydrogens (tertiary/aromatic N) is 2. The number of rotatable bonds is 7. The van der Waals surface area contributed by atoms with E-state index < -0.39 is 0 Å². The van der Waals surface area contributed by atoms with E-state index in [-0.39, 0.29) is 12.1 Å². The molecule has 1 N–H and O–H groups in total. The van der Waals surface area contributed by atoms with Gasteiger partial charge in [-0.2, -0.15) is 0 Å². The minimum absolute atomic E-state index is 0.172. The summed E-state index contributed by atoms with van der Waals surface area (Å²) in [5.74, 6) is 2.36. The molecule has 182 valence electrons. The van der Waals surface area contributed by atoms with Crippen LogP contribution in [0.1, 0.15) is 23.5 Å². The molecule has 1 fully saturated rings. The highest BCUT2D eigenvalue weighted by Crippen LogP contribution is 2.43. The van der Waals surface area contributed by atoms with E-state index in [1.165, 1.54) is 0 Å². The second kappa shape index (κ2) is 10.5. The van der Waals surface area contributed by atoms with Gasteiger partial charge in [-0.3, -0.25) is 4.98 Å². The first kappa shape index (κ1) is 23.3.